The van der Waals surface area contributed by atoms with Crippen LogP contribution in [0, 0.1) is 0 Å². The fourth-order valence-corrected chi connectivity index (χ4v) is 2.56. The maximum Gasteiger partial charge on any atom is 0.234 e. The number of carbonyl (C=O) groups is 1. The summed E-state index contributed by atoms with van der Waals surface area (Å²) in [6.07, 6.45) is 0.994. The van der Waals surface area contributed by atoms with Gasteiger partial charge in [-0.05, 0) is 41.8 Å². The molecule has 21 heavy (non-hydrogen) atoms. The van der Waals surface area contributed by atoms with Crippen LogP contribution in [-0.4, -0.2) is 16.8 Å². The van der Waals surface area contributed by atoms with Crippen LogP contribution in [0.25, 0.3) is 0 Å². The highest BCUT2D eigenvalue weighted by Crippen LogP contribution is 2.19. The summed E-state index contributed by atoms with van der Waals surface area (Å²) in [5.74, 6) is 0.351. The first-order valence-electron chi connectivity index (χ1n) is 6.92. The lowest BCUT2D eigenvalue weighted by molar-refractivity contribution is -0.113. The molecular weight excluding hydrogens is 282 g/mol. The number of hydrogen-bond donors (Lipinski definition) is 2. The van der Waals surface area contributed by atoms with E-state index in [2.05, 4.69) is 12.2 Å². The fraction of sp³-hybridized carbons (Fsp3) is 0.235. The summed E-state index contributed by atoms with van der Waals surface area (Å²) >= 11 is 1.48. The number of nitrogens with one attached hydrogen (secondary N) is 1. The van der Waals surface area contributed by atoms with Gasteiger partial charge in [-0.3, -0.25) is 4.79 Å². The Morgan fingerprint density at radius 3 is 2.24 bits per heavy atom. The summed E-state index contributed by atoms with van der Waals surface area (Å²) in [6, 6.07) is 15.5. The van der Waals surface area contributed by atoms with E-state index in [1.165, 1.54) is 17.3 Å². The van der Waals surface area contributed by atoms with Crippen molar-refractivity contribution in [3.63, 3.8) is 0 Å². The molecule has 4 heteroatoms. The second kappa shape index (κ2) is 7.86. The molecule has 2 rings (SSSR count). The predicted octanol–water partition coefficient (Wildman–Crippen LogP) is 3.47. The van der Waals surface area contributed by atoms with E-state index in [0.29, 0.717) is 5.75 Å². The van der Waals surface area contributed by atoms with E-state index in [4.69, 9.17) is 5.11 Å². The first-order valence-corrected chi connectivity index (χ1v) is 7.91. The Kier molecular flexibility index (Phi) is 5.84. The second-order valence-corrected chi connectivity index (χ2v) is 5.74. The average molecular weight is 301 g/mol. The van der Waals surface area contributed by atoms with Crippen molar-refractivity contribution in [2.75, 3.05) is 11.1 Å². The molecule has 110 valence electrons. The van der Waals surface area contributed by atoms with Gasteiger partial charge < -0.3 is 10.4 Å². The van der Waals surface area contributed by atoms with Gasteiger partial charge in [-0.25, -0.2) is 0 Å². The van der Waals surface area contributed by atoms with Gasteiger partial charge in [0.1, 0.15) is 0 Å². The van der Waals surface area contributed by atoms with Crippen LogP contribution >= 0.6 is 11.8 Å². The van der Waals surface area contributed by atoms with Crippen molar-refractivity contribution in [3.05, 3.63) is 59.7 Å². The number of benzene rings is 2. The SMILES string of the molecule is CCc1ccc(NC(=O)CSc2ccc(CO)cc2)cc1. The maximum absolute atomic E-state index is 11.9. The van der Waals surface area contributed by atoms with Crippen LogP contribution in [0.5, 0.6) is 0 Å². The monoisotopic (exact) mass is 301 g/mol. The Bertz CT molecular complexity index is 579. The summed E-state index contributed by atoms with van der Waals surface area (Å²) in [4.78, 5) is 12.9. The molecule has 0 heterocycles. The normalized spacial score (nSPS) is 10.4. The van der Waals surface area contributed by atoms with Crippen LogP contribution in [0.4, 0.5) is 5.69 Å². The molecule has 0 spiro atoms. The van der Waals surface area contributed by atoms with E-state index in [9.17, 15) is 4.79 Å². The quantitative estimate of drug-likeness (QED) is 0.803. The van der Waals surface area contributed by atoms with Crippen LogP contribution in [0.1, 0.15) is 18.1 Å². The van der Waals surface area contributed by atoms with Crippen LogP contribution < -0.4 is 5.32 Å². The van der Waals surface area contributed by atoms with E-state index < -0.39 is 0 Å². The topological polar surface area (TPSA) is 49.3 Å². The zero-order valence-electron chi connectivity index (χ0n) is 12.0. The molecule has 2 aromatic carbocycles. The van der Waals surface area contributed by atoms with Crippen molar-refractivity contribution in [3.8, 4) is 0 Å². The minimum Gasteiger partial charge on any atom is -0.392 e. The lowest BCUT2D eigenvalue weighted by atomic mass is 10.1. The Labute approximate surface area is 129 Å². The van der Waals surface area contributed by atoms with Gasteiger partial charge in [-0.2, -0.15) is 0 Å². The summed E-state index contributed by atoms with van der Waals surface area (Å²) in [7, 11) is 0. The van der Waals surface area contributed by atoms with Gasteiger partial charge in [-0.1, -0.05) is 31.2 Å². The van der Waals surface area contributed by atoms with E-state index in [0.717, 1.165) is 22.6 Å². The van der Waals surface area contributed by atoms with Crippen LogP contribution in [0.3, 0.4) is 0 Å². The molecule has 0 fully saturated rings. The van der Waals surface area contributed by atoms with Gasteiger partial charge >= 0.3 is 0 Å². The van der Waals surface area contributed by atoms with Gasteiger partial charge in [0, 0.05) is 10.6 Å². The largest absolute Gasteiger partial charge is 0.392 e. The molecular formula is C17H19NO2S. The van der Waals surface area contributed by atoms with Crippen molar-refractivity contribution in [1.29, 1.82) is 0 Å². The van der Waals surface area contributed by atoms with Gasteiger partial charge in [0.05, 0.1) is 12.4 Å². The number of carbonyl (C=O) groups excluding carboxylic acids is 1. The zero-order valence-corrected chi connectivity index (χ0v) is 12.8. The molecule has 0 aromatic heterocycles. The van der Waals surface area contributed by atoms with E-state index in [1.807, 2.05) is 48.5 Å². The van der Waals surface area contributed by atoms with E-state index >= 15 is 0 Å². The first kappa shape index (κ1) is 15.6. The standard InChI is InChI=1S/C17H19NO2S/c1-2-13-3-7-15(8-4-13)18-17(20)12-21-16-9-5-14(11-19)6-10-16/h3-10,19H,2,11-12H2,1H3,(H,18,20). The van der Waals surface area contributed by atoms with Gasteiger partial charge in [0.2, 0.25) is 5.91 Å². The number of thioether (sulfide) groups is 1. The Morgan fingerprint density at radius 2 is 1.67 bits per heavy atom. The molecule has 0 radical (unpaired) electrons. The lowest BCUT2D eigenvalue weighted by Crippen LogP contribution is -2.13. The molecule has 0 saturated heterocycles. The number of aliphatic hydroxyl groups is 1. The third kappa shape index (κ3) is 4.92. The molecule has 0 aliphatic rings. The van der Waals surface area contributed by atoms with Crippen LogP contribution in [0.2, 0.25) is 0 Å². The second-order valence-electron chi connectivity index (χ2n) is 4.69. The summed E-state index contributed by atoms with van der Waals surface area (Å²) in [5, 5.41) is 11.9. The summed E-state index contributed by atoms with van der Waals surface area (Å²) < 4.78 is 0. The van der Waals surface area contributed by atoms with Crippen molar-refractivity contribution in [2.45, 2.75) is 24.8 Å². The molecule has 0 bridgehead atoms. The molecule has 0 aliphatic heterocycles. The molecule has 1 amide bonds. The van der Waals surface area contributed by atoms with Crippen molar-refractivity contribution in [1.82, 2.24) is 0 Å². The highest BCUT2D eigenvalue weighted by Gasteiger charge is 2.04. The fourth-order valence-electron chi connectivity index (χ4n) is 1.86. The van der Waals surface area contributed by atoms with Crippen molar-refractivity contribution >= 4 is 23.4 Å². The Morgan fingerprint density at radius 1 is 1.05 bits per heavy atom. The van der Waals surface area contributed by atoms with E-state index in [-0.39, 0.29) is 12.5 Å². The average Bonchev–Trinajstić information content (AvgIpc) is 2.54. The number of rotatable bonds is 6. The van der Waals surface area contributed by atoms with Gasteiger partial charge in [0.15, 0.2) is 0 Å². The molecule has 0 atom stereocenters. The Balaban J connectivity index is 1.83. The summed E-state index contributed by atoms with van der Waals surface area (Å²) in [6.45, 7) is 2.14. The maximum atomic E-state index is 11.9. The van der Waals surface area contributed by atoms with Crippen molar-refractivity contribution < 1.29 is 9.90 Å². The third-order valence-electron chi connectivity index (χ3n) is 3.12. The number of aliphatic hydroxyl groups excluding tert-OH is 1. The molecule has 0 saturated carbocycles. The third-order valence-corrected chi connectivity index (χ3v) is 4.13. The molecule has 2 N–H and O–H groups in total. The molecule has 2 aromatic rings. The highest BCUT2D eigenvalue weighted by atomic mass is 32.2. The first-order chi connectivity index (χ1) is 10.2. The smallest absolute Gasteiger partial charge is 0.234 e. The number of hydrogen-bond acceptors (Lipinski definition) is 3. The number of amides is 1. The molecule has 0 aliphatic carbocycles. The van der Waals surface area contributed by atoms with E-state index in [1.54, 1.807) is 0 Å². The molecule has 0 unspecified atom stereocenters. The van der Waals surface area contributed by atoms with Crippen molar-refractivity contribution in [2.24, 2.45) is 0 Å². The zero-order chi connectivity index (χ0) is 15.1. The number of aryl methyl sites for hydroxylation is 1. The van der Waals surface area contributed by atoms with Crippen LogP contribution in [-0.2, 0) is 17.8 Å². The predicted molar refractivity (Wildman–Crippen MR) is 87.5 cm³/mol. The minimum absolute atomic E-state index is 0.0181. The van der Waals surface area contributed by atoms with Gasteiger partial charge in [-0.15, -0.1) is 11.8 Å². The lowest BCUT2D eigenvalue weighted by Gasteiger charge is -2.06. The Hall–Kier alpha value is -1.78. The minimum atomic E-state index is -0.0181. The summed E-state index contributed by atoms with van der Waals surface area (Å²) in [5.41, 5.74) is 2.96. The molecule has 3 nitrogen and oxygen atoms in total. The van der Waals surface area contributed by atoms with Crippen LogP contribution in [0.15, 0.2) is 53.4 Å². The van der Waals surface area contributed by atoms with Gasteiger partial charge in [0.25, 0.3) is 0 Å². The highest BCUT2D eigenvalue weighted by molar-refractivity contribution is 8.00. The number of anilines is 1.